The number of carbonyl (C=O) groups is 1. The first-order valence-electron chi connectivity index (χ1n) is 8.51. The van der Waals surface area contributed by atoms with Gasteiger partial charge in [0.2, 0.25) is 0 Å². The van der Waals surface area contributed by atoms with Gasteiger partial charge >= 0.3 is 5.97 Å². The normalized spacial score (nSPS) is 17.1. The Morgan fingerprint density at radius 3 is 2.45 bits per heavy atom. The molecule has 0 radical (unpaired) electrons. The van der Waals surface area contributed by atoms with Crippen LogP contribution in [0.3, 0.4) is 0 Å². The molecule has 1 unspecified atom stereocenters. The van der Waals surface area contributed by atoms with Crippen LogP contribution in [0.5, 0.6) is 0 Å². The third-order valence-corrected chi connectivity index (χ3v) is 4.85. The first kappa shape index (κ1) is 17.0. The van der Waals surface area contributed by atoms with Gasteiger partial charge in [-0.1, -0.05) is 43.2 Å². The van der Waals surface area contributed by atoms with Crippen LogP contribution in [0.1, 0.15) is 51.0 Å². The number of hydrogen-bond acceptors (Lipinski definition) is 3. The van der Waals surface area contributed by atoms with E-state index in [2.05, 4.69) is 37.9 Å². The van der Waals surface area contributed by atoms with Crippen molar-refractivity contribution < 1.29 is 9.53 Å². The summed E-state index contributed by atoms with van der Waals surface area (Å²) in [7, 11) is 2.06. The van der Waals surface area contributed by atoms with Crippen molar-refractivity contribution in [2.24, 2.45) is 5.92 Å². The van der Waals surface area contributed by atoms with Crippen molar-refractivity contribution in [3.8, 4) is 0 Å². The molecule has 3 heteroatoms. The summed E-state index contributed by atoms with van der Waals surface area (Å²) in [4.78, 5) is 14.8. The predicted octanol–water partition coefficient (Wildman–Crippen LogP) is 3.84. The highest BCUT2D eigenvalue weighted by molar-refractivity contribution is 5.78. The second kappa shape index (κ2) is 8.33. The highest BCUT2D eigenvalue weighted by Crippen LogP contribution is 2.38. The Morgan fingerprint density at radius 2 is 1.86 bits per heavy atom. The van der Waals surface area contributed by atoms with Crippen molar-refractivity contribution in [3.63, 3.8) is 0 Å². The molecule has 1 aliphatic rings. The zero-order valence-corrected chi connectivity index (χ0v) is 14.1. The van der Waals surface area contributed by atoms with Crippen LogP contribution in [0.4, 0.5) is 0 Å². The van der Waals surface area contributed by atoms with E-state index in [1.807, 2.05) is 18.2 Å². The molecule has 1 fully saturated rings. The highest BCUT2D eigenvalue weighted by Gasteiger charge is 2.33. The number of rotatable bonds is 7. The molecule has 1 aliphatic carbocycles. The van der Waals surface area contributed by atoms with Gasteiger partial charge in [-0.3, -0.25) is 4.79 Å². The third kappa shape index (κ3) is 4.57. The molecule has 22 heavy (non-hydrogen) atoms. The van der Waals surface area contributed by atoms with Gasteiger partial charge in [0.15, 0.2) is 0 Å². The number of likely N-dealkylation sites (N-methyl/N-ethyl adjacent to an activating group) is 1. The zero-order chi connectivity index (χ0) is 15.9. The minimum Gasteiger partial charge on any atom is -0.464 e. The summed E-state index contributed by atoms with van der Waals surface area (Å²) in [5.74, 6) is 0.307. The number of ether oxygens (including phenoxy) is 1. The van der Waals surface area contributed by atoms with Crippen LogP contribution >= 0.6 is 0 Å². The maximum Gasteiger partial charge on any atom is 0.313 e. The Balaban J connectivity index is 1.97. The van der Waals surface area contributed by atoms with Gasteiger partial charge in [0.25, 0.3) is 0 Å². The predicted molar refractivity (Wildman–Crippen MR) is 89.9 cm³/mol. The largest absolute Gasteiger partial charge is 0.464 e. The summed E-state index contributed by atoms with van der Waals surface area (Å²) in [6.45, 7) is 5.55. The highest BCUT2D eigenvalue weighted by atomic mass is 16.5. The van der Waals surface area contributed by atoms with Crippen molar-refractivity contribution in [3.05, 3.63) is 35.9 Å². The summed E-state index contributed by atoms with van der Waals surface area (Å²) in [6, 6.07) is 10.6. The Bertz CT molecular complexity index is 452. The third-order valence-electron chi connectivity index (χ3n) is 4.85. The van der Waals surface area contributed by atoms with E-state index in [4.69, 9.17) is 4.74 Å². The smallest absolute Gasteiger partial charge is 0.313 e. The fraction of sp³-hybridized carbons (Fsp3) is 0.632. The first-order valence-corrected chi connectivity index (χ1v) is 8.51. The summed E-state index contributed by atoms with van der Waals surface area (Å²) >= 11 is 0. The van der Waals surface area contributed by atoms with Gasteiger partial charge in [-0.25, -0.2) is 0 Å². The monoisotopic (exact) mass is 303 g/mol. The molecule has 1 aromatic carbocycles. The lowest BCUT2D eigenvalue weighted by Gasteiger charge is -2.24. The van der Waals surface area contributed by atoms with Crippen LogP contribution < -0.4 is 0 Å². The Kier molecular flexibility index (Phi) is 6.44. The molecular weight excluding hydrogens is 274 g/mol. The Labute approximate surface area is 134 Å². The molecule has 1 aromatic rings. The van der Waals surface area contributed by atoms with Crippen molar-refractivity contribution in [2.75, 3.05) is 20.2 Å². The molecule has 0 N–H and O–H groups in total. The van der Waals surface area contributed by atoms with Gasteiger partial charge in [-0.05, 0) is 45.2 Å². The number of carbonyl (C=O) groups excluding carboxylic acids is 1. The average molecular weight is 303 g/mol. The second-order valence-electron chi connectivity index (χ2n) is 6.67. The molecule has 0 saturated heterocycles. The van der Waals surface area contributed by atoms with Gasteiger partial charge in [0.1, 0.15) is 6.61 Å². The fourth-order valence-corrected chi connectivity index (χ4v) is 3.19. The molecule has 122 valence electrons. The van der Waals surface area contributed by atoms with Crippen LogP contribution in [0.15, 0.2) is 30.3 Å². The van der Waals surface area contributed by atoms with Crippen molar-refractivity contribution in [1.82, 2.24) is 4.90 Å². The Morgan fingerprint density at radius 1 is 1.23 bits per heavy atom. The fourth-order valence-electron chi connectivity index (χ4n) is 3.19. The summed E-state index contributed by atoms with van der Waals surface area (Å²) in [5, 5.41) is 0. The van der Waals surface area contributed by atoms with Gasteiger partial charge in [0, 0.05) is 12.6 Å². The lowest BCUT2D eigenvalue weighted by Crippen LogP contribution is -2.31. The average Bonchev–Trinajstić information content (AvgIpc) is 3.02. The molecule has 0 heterocycles. The van der Waals surface area contributed by atoms with E-state index in [1.165, 1.54) is 12.8 Å². The molecule has 0 aromatic heterocycles. The van der Waals surface area contributed by atoms with Gasteiger partial charge in [0.05, 0.1) is 5.92 Å². The standard InChI is InChI=1S/C19H29NO2/c1-15(2)20(3)13-14-22-19(21)18(17-11-7-8-12-17)16-9-5-4-6-10-16/h4-6,9-10,15,17-18H,7-8,11-14H2,1-3H3. The molecular formula is C19H29NO2. The Hall–Kier alpha value is -1.35. The molecule has 1 atom stereocenters. The first-order chi connectivity index (χ1) is 10.6. The number of nitrogens with zero attached hydrogens (tertiary/aromatic N) is 1. The molecule has 0 aliphatic heterocycles. The van der Waals surface area contributed by atoms with Crippen molar-refractivity contribution >= 4 is 5.97 Å². The van der Waals surface area contributed by atoms with E-state index in [0.717, 1.165) is 24.9 Å². The van der Waals surface area contributed by atoms with Crippen LogP contribution in [0.25, 0.3) is 0 Å². The molecule has 3 nitrogen and oxygen atoms in total. The van der Waals surface area contributed by atoms with Crippen LogP contribution in [0, 0.1) is 5.92 Å². The lowest BCUT2D eigenvalue weighted by atomic mass is 9.85. The summed E-state index contributed by atoms with van der Waals surface area (Å²) in [6.07, 6.45) is 4.75. The topological polar surface area (TPSA) is 29.5 Å². The van der Waals surface area contributed by atoms with Crippen LogP contribution in [-0.2, 0) is 9.53 Å². The van der Waals surface area contributed by atoms with E-state index in [9.17, 15) is 4.79 Å². The number of esters is 1. The van der Waals surface area contributed by atoms with E-state index in [1.54, 1.807) is 0 Å². The van der Waals surface area contributed by atoms with E-state index in [-0.39, 0.29) is 11.9 Å². The van der Waals surface area contributed by atoms with Crippen LogP contribution in [0.2, 0.25) is 0 Å². The number of hydrogen-bond donors (Lipinski definition) is 0. The van der Waals surface area contributed by atoms with E-state index in [0.29, 0.717) is 18.6 Å². The molecule has 0 spiro atoms. The SMILES string of the molecule is CC(C)N(C)CCOC(=O)C(c1ccccc1)C1CCCC1. The number of benzene rings is 1. The van der Waals surface area contributed by atoms with Gasteiger partial charge in [-0.2, -0.15) is 0 Å². The van der Waals surface area contributed by atoms with Crippen LogP contribution in [-0.4, -0.2) is 37.1 Å². The molecule has 2 rings (SSSR count). The maximum atomic E-state index is 12.6. The molecule has 1 saturated carbocycles. The van der Waals surface area contributed by atoms with E-state index >= 15 is 0 Å². The van der Waals surface area contributed by atoms with Crippen molar-refractivity contribution in [1.29, 1.82) is 0 Å². The van der Waals surface area contributed by atoms with Gasteiger partial charge < -0.3 is 9.64 Å². The summed E-state index contributed by atoms with van der Waals surface area (Å²) in [5.41, 5.74) is 1.11. The van der Waals surface area contributed by atoms with Crippen molar-refractivity contribution in [2.45, 2.75) is 51.5 Å². The summed E-state index contributed by atoms with van der Waals surface area (Å²) < 4.78 is 5.61. The van der Waals surface area contributed by atoms with Gasteiger partial charge in [-0.15, -0.1) is 0 Å². The molecule has 0 bridgehead atoms. The minimum absolute atomic E-state index is 0.0461. The minimum atomic E-state index is -0.0898. The second-order valence-corrected chi connectivity index (χ2v) is 6.67. The molecule has 0 amide bonds. The lowest BCUT2D eigenvalue weighted by molar-refractivity contribution is -0.147. The zero-order valence-electron chi connectivity index (χ0n) is 14.1. The maximum absolute atomic E-state index is 12.6. The van der Waals surface area contributed by atoms with E-state index < -0.39 is 0 Å². The quantitative estimate of drug-likeness (QED) is 0.717.